The molecule has 0 spiro atoms. The first-order valence-electron chi connectivity index (χ1n) is 5.37. The zero-order valence-electron chi connectivity index (χ0n) is 8.93. The molecule has 0 saturated heterocycles. The summed E-state index contributed by atoms with van der Waals surface area (Å²) in [5.74, 6) is 0.688. The molecule has 0 bridgehead atoms. The summed E-state index contributed by atoms with van der Waals surface area (Å²) in [6.07, 6.45) is 7.70. The zero-order chi connectivity index (χ0) is 9.42. The Morgan fingerprint density at radius 1 is 1.23 bits per heavy atom. The number of aryl methyl sites for hydroxylation is 1. The first-order chi connectivity index (χ1) is 6.20. The molecule has 1 aliphatic carbocycles. The van der Waals surface area contributed by atoms with E-state index in [1.54, 1.807) is 16.8 Å². The van der Waals surface area contributed by atoms with Gasteiger partial charge in [0.15, 0.2) is 0 Å². The fraction of sp³-hybridized carbons (Fsp3) is 0.667. The maximum Gasteiger partial charge on any atom is 0.0206 e. The predicted molar refractivity (Wildman–Crippen MR) is 56.1 cm³/mol. The monoisotopic (exact) mass is 177 g/mol. The number of hydrogen-bond acceptors (Lipinski definition) is 0. The minimum Gasteiger partial charge on any atom is -0.354 e. The predicted octanol–water partition coefficient (Wildman–Crippen LogP) is 3.03. The van der Waals surface area contributed by atoms with Crippen molar-refractivity contribution in [3.05, 3.63) is 23.0 Å². The van der Waals surface area contributed by atoms with Crippen molar-refractivity contribution in [3.63, 3.8) is 0 Å². The van der Waals surface area contributed by atoms with E-state index in [-0.39, 0.29) is 0 Å². The van der Waals surface area contributed by atoms with Crippen molar-refractivity contribution in [2.45, 2.75) is 45.4 Å². The summed E-state index contributed by atoms with van der Waals surface area (Å²) < 4.78 is 2.34. The average Bonchev–Trinajstić information content (AvgIpc) is 2.45. The molecule has 1 aromatic rings. The zero-order valence-corrected chi connectivity index (χ0v) is 8.93. The molecule has 0 radical (unpaired) electrons. The molecule has 1 aromatic heterocycles. The molecule has 0 atom stereocenters. The lowest BCUT2D eigenvalue weighted by Crippen LogP contribution is -2.05. The number of fused-ring (bicyclic) bond motifs is 1. The number of aromatic nitrogens is 1. The van der Waals surface area contributed by atoms with Gasteiger partial charge >= 0.3 is 0 Å². The van der Waals surface area contributed by atoms with Gasteiger partial charge in [-0.25, -0.2) is 0 Å². The van der Waals surface area contributed by atoms with E-state index in [4.69, 9.17) is 0 Å². The third-order valence-corrected chi connectivity index (χ3v) is 3.17. The van der Waals surface area contributed by atoms with Crippen molar-refractivity contribution < 1.29 is 0 Å². The minimum absolute atomic E-state index is 0.688. The highest BCUT2D eigenvalue weighted by Gasteiger charge is 2.18. The van der Waals surface area contributed by atoms with Crippen LogP contribution in [0.25, 0.3) is 0 Å². The fourth-order valence-electron chi connectivity index (χ4n) is 2.45. The molecule has 13 heavy (non-hydrogen) atoms. The Morgan fingerprint density at radius 2 is 1.92 bits per heavy atom. The van der Waals surface area contributed by atoms with Crippen LogP contribution < -0.4 is 0 Å². The van der Waals surface area contributed by atoms with Crippen LogP contribution in [0.4, 0.5) is 0 Å². The van der Waals surface area contributed by atoms with Crippen LogP contribution >= 0.6 is 0 Å². The molecular formula is C12H19N. The van der Waals surface area contributed by atoms with Crippen molar-refractivity contribution in [3.8, 4) is 0 Å². The van der Waals surface area contributed by atoms with Gasteiger partial charge in [0.25, 0.3) is 0 Å². The van der Waals surface area contributed by atoms with Gasteiger partial charge in [0.1, 0.15) is 0 Å². The first-order valence-corrected chi connectivity index (χ1v) is 5.37. The van der Waals surface area contributed by atoms with Crippen LogP contribution in [0.15, 0.2) is 6.20 Å². The molecule has 0 unspecified atom stereocenters. The largest absolute Gasteiger partial charge is 0.354 e. The smallest absolute Gasteiger partial charge is 0.0206 e. The molecule has 1 nitrogen and oxygen atoms in total. The Bertz CT molecular complexity index is 307. The van der Waals surface area contributed by atoms with Gasteiger partial charge in [-0.1, -0.05) is 13.8 Å². The molecule has 1 heterocycles. The highest BCUT2D eigenvalue weighted by Crippen LogP contribution is 2.30. The summed E-state index contributed by atoms with van der Waals surface area (Å²) >= 11 is 0. The van der Waals surface area contributed by atoms with Gasteiger partial charge in [0, 0.05) is 18.9 Å². The Kier molecular flexibility index (Phi) is 2.19. The molecule has 0 aliphatic heterocycles. The SMILES string of the molecule is CC(C)c1cn(C)c2c1CCCC2. The van der Waals surface area contributed by atoms with Crippen LogP contribution in [0.5, 0.6) is 0 Å². The van der Waals surface area contributed by atoms with Crippen LogP contribution in [0.2, 0.25) is 0 Å². The third kappa shape index (κ3) is 1.41. The molecule has 1 heteroatoms. The molecular weight excluding hydrogens is 158 g/mol. The summed E-state index contributed by atoms with van der Waals surface area (Å²) in [5, 5.41) is 0. The van der Waals surface area contributed by atoms with Crippen molar-refractivity contribution in [2.24, 2.45) is 7.05 Å². The standard InChI is InChI=1S/C12H19N/c1-9(2)11-8-13(3)12-7-5-4-6-10(11)12/h8-9H,4-7H2,1-3H3. The van der Waals surface area contributed by atoms with Crippen molar-refractivity contribution in [2.75, 3.05) is 0 Å². The minimum atomic E-state index is 0.688. The van der Waals surface area contributed by atoms with E-state index in [0.717, 1.165) is 0 Å². The van der Waals surface area contributed by atoms with Gasteiger partial charge in [0.2, 0.25) is 0 Å². The Hall–Kier alpha value is -0.720. The lowest BCUT2D eigenvalue weighted by atomic mass is 9.91. The summed E-state index contributed by atoms with van der Waals surface area (Å²) in [7, 11) is 2.19. The summed E-state index contributed by atoms with van der Waals surface area (Å²) in [4.78, 5) is 0. The second-order valence-electron chi connectivity index (χ2n) is 4.48. The number of nitrogens with zero attached hydrogens (tertiary/aromatic N) is 1. The second-order valence-corrected chi connectivity index (χ2v) is 4.48. The molecule has 0 fully saturated rings. The first kappa shape index (κ1) is 8.86. The summed E-state index contributed by atoms with van der Waals surface area (Å²) in [6, 6.07) is 0. The van der Waals surface area contributed by atoms with Crippen LogP contribution in [0, 0.1) is 0 Å². The molecule has 72 valence electrons. The van der Waals surface area contributed by atoms with E-state index in [9.17, 15) is 0 Å². The van der Waals surface area contributed by atoms with Gasteiger partial charge in [-0.2, -0.15) is 0 Å². The maximum atomic E-state index is 2.34. The second kappa shape index (κ2) is 3.21. The molecule has 2 rings (SSSR count). The normalized spacial score (nSPS) is 16.3. The highest BCUT2D eigenvalue weighted by molar-refractivity contribution is 5.36. The Labute approximate surface area is 80.8 Å². The van der Waals surface area contributed by atoms with E-state index in [1.165, 1.54) is 25.7 Å². The van der Waals surface area contributed by atoms with Crippen molar-refractivity contribution >= 4 is 0 Å². The topological polar surface area (TPSA) is 4.93 Å². The Balaban J connectivity index is 2.47. The third-order valence-electron chi connectivity index (χ3n) is 3.17. The van der Waals surface area contributed by atoms with E-state index >= 15 is 0 Å². The van der Waals surface area contributed by atoms with E-state index in [2.05, 4.69) is 31.7 Å². The van der Waals surface area contributed by atoms with Crippen LogP contribution in [0.3, 0.4) is 0 Å². The summed E-state index contributed by atoms with van der Waals surface area (Å²) in [6.45, 7) is 4.59. The molecule has 1 aliphatic rings. The van der Waals surface area contributed by atoms with Crippen LogP contribution in [0.1, 0.15) is 49.4 Å². The highest BCUT2D eigenvalue weighted by atomic mass is 14.9. The van der Waals surface area contributed by atoms with Crippen LogP contribution in [-0.2, 0) is 19.9 Å². The number of rotatable bonds is 1. The fourth-order valence-corrected chi connectivity index (χ4v) is 2.45. The molecule has 0 amide bonds. The number of hydrogen-bond donors (Lipinski definition) is 0. The maximum absolute atomic E-state index is 2.34. The Morgan fingerprint density at radius 3 is 2.62 bits per heavy atom. The van der Waals surface area contributed by atoms with Gasteiger partial charge in [0.05, 0.1) is 0 Å². The quantitative estimate of drug-likeness (QED) is 0.621. The van der Waals surface area contributed by atoms with Gasteiger partial charge in [-0.3, -0.25) is 0 Å². The van der Waals surface area contributed by atoms with Crippen molar-refractivity contribution in [1.29, 1.82) is 0 Å². The lowest BCUT2D eigenvalue weighted by Gasteiger charge is -2.15. The summed E-state index contributed by atoms with van der Waals surface area (Å²) in [5.41, 5.74) is 4.83. The van der Waals surface area contributed by atoms with Gasteiger partial charge in [-0.15, -0.1) is 0 Å². The van der Waals surface area contributed by atoms with E-state index in [1.807, 2.05) is 0 Å². The average molecular weight is 177 g/mol. The van der Waals surface area contributed by atoms with E-state index in [0.29, 0.717) is 5.92 Å². The van der Waals surface area contributed by atoms with E-state index < -0.39 is 0 Å². The van der Waals surface area contributed by atoms with Crippen LogP contribution in [-0.4, -0.2) is 4.57 Å². The lowest BCUT2D eigenvalue weighted by molar-refractivity contribution is 0.645. The molecule has 0 N–H and O–H groups in total. The molecule has 0 aromatic carbocycles. The van der Waals surface area contributed by atoms with Gasteiger partial charge in [-0.05, 0) is 42.7 Å². The molecule has 0 saturated carbocycles. The van der Waals surface area contributed by atoms with Crippen molar-refractivity contribution in [1.82, 2.24) is 4.57 Å². The van der Waals surface area contributed by atoms with Gasteiger partial charge < -0.3 is 4.57 Å².